The van der Waals surface area contributed by atoms with Gasteiger partial charge in [-0.2, -0.15) is 0 Å². The smallest absolute Gasteiger partial charge is 0.217 e. The second-order valence-corrected chi connectivity index (χ2v) is 4.01. The summed E-state index contributed by atoms with van der Waals surface area (Å²) in [4.78, 5) is 10.8. The number of nitrogens with one attached hydrogen (secondary N) is 1. The first-order chi connectivity index (χ1) is 5.63. The van der Waals surface area contributed by atoms with Crippen LogP contribution >= 0.6 is 0 Å². The van der Waals surface area contributed by atoms with E-state index < -0.39 is 0 Å². The van der Waals surface area contributed by atoms with E-state index >= 15 is 0 Å². The Balaban J connectivity index is 2.37. The summed E-state index contributed by atoms with van der Waals surface area (Å²) < 4.78 is 0. The molecule has 70 valence electrons. The summed E-state index contributed by atoms with van der Waals surface area (Å²) in [7, 11) is 0. The Bertz CT molecular complexity index is 167. The Kier molecular flexibility index (Phi) is 3.12. The lowest BCUT2D eigenvalue weighted by atomic mass is 9.96. The Morgan fingerprint density at radius 2 is 2.17 bits per heavy atom. The second kappa shape index (κ2) is 3.92. The van der Waals surface area contributed by atoms with E-state index in [0.717, 1.165) is 18.3 Å². The third-order valence-electron chi connectivity index (χ3n) is 2.98. The average Bonchev–Trinajstić information content (AvgIpc) is 2.29. The molecule has 0 saturated heterocycles. The first-order valence-corrected chi connectivity index (χ1v) is 4.90. The number of rotatable bonds is 2. The standard InChI is InChI=1S/C10H19NO/c1-4-9-6-10(5-7(9)2)11-8(3)12/h7,9-10H,4-6H2,1-3H3,(H,11,12). The topological polar surface area (TPSA) is 29.1 Å². The largest absolute Gasteiger partial charge is 0.354 e. The van der Waals surface area contributed by atoms with Crippen LogP contribution in [0.4, 0.5) is 0 Å². The predicted octanol–water partition coefficient (Wildman–Crippen LogP) is 1.95. The first-order valence-electron chi connectivity index (χ1n) is 4.90. The zero-order chi connectivity index (χ0) is 9.14. The summed E-state index contributed by atoms with van der Waals surface area (Å²) in [6.07, 6.45) is 3.59. The van der Waals surface area contributed by atoms with Crippen LogP contribution in [0.2, 0.25) is 0 Å². The van der Waals surface area contributed by atoms with Crippen molar-refractivity contribution in [2.45, 2.75) is 46.1 Å². The normalized spacial score (nSPS) is 35.1. The van der Waals surface area contributed by atoms with E-state index in [1.807, 2.05) is 0 Å². The van der Waals surface area contributed by atoms with Gasteiger partial charge in [-0.1, -0.05) is 20.3 Å². The van der Waals surface area contributed by atoms with Gasteiger partial charge in [-0.25, -0.2) is 0 Å². The van der Waals surface area contributed by atoms with E-state index in [0.29, 0.717) is 6.04 Å². The average molecular weight is 169 g/mol. The van der Waals surface area contributed by atoms with Crippen LogP contribution in [-0.4, -0.2) is 11.9 Å². The van der Waals surface area contributed by atoms with Crippen molar-refractivity contribution in [2.75, 3.05) is 0 Å². The molecule has 2 heteroatoms. The molecule has 1 rings (SSSR count). The molecular weight excluding hydrogens is 150 g/mol. The van der Waals surface area contributed by atoms with Gasteiger partial charge in [0.25, 0.3) is 0 Å². The summed E-state index contributed by atoms with van der Waals surface area (Å²) in [5.41, 5.74) is 0. The van der Waals surface area contributed by atoms with E-state index in [9.17, 15) is 4.79 Å². The van der Waals surface area contributed by atoms with Gasteiger partial charge in [-0.3, -0.25) is 4.79 Å². The lowest BCUT2D eigenvalue weighted by Crippen LogP contribution is -2.30. The fourth-order valence-electron chi connectivity index (χ4n) is 2.31. The fraction of sp³-hybridized carbons (Fsp3) is 0.900. The Labute approximate surface area is 74.7 Å². The molecule has 0 radical (unpaired) electrons. The molecule has 0 aromatic rings. The van der Waals surface area contributed by atoms with Crippen LogP contribution in [0.5, 0.6) is 0 Å². The highest BCUT2D eigenvalue weighted by atomic mass is 16.1. The van der Waals surface area contributed by atoms with Crippen LogP contribution < -0.4 is 5.32 Å². The third-order valence-corrected chi connectivity index (χ3v) is 2.98. The molecule has 0 aliphatic heterocycles. The van der Waals surface area contributed by atoms with Crippen molar-refractivity contribution < 1.29 is 4.79 Å². The van der Waals surface area contributed by atoms with Gasteiger partial charge in [0, 0.05) is 13.0 Å². The van der Waals surface area contributed by atoms with Crippen LogP contribution in [0.1, 0.15) is 40.0 Å². The maximum atomic E-state index is 10.8. The van der Waals surface area contributed by atoms with Crippen molar-refractivity contribution in [2.24, 2.45) is 11.8 Å². The van der Waals surface area contributed by atoms with E-state index in [-0.39, 0.29) is 5.91 Å². The molecule has 1 aliphatic rings. The minimum absolute atomic E-state index is 0.115. The Hall–Kier alpha value is -0.530. The number of carbonyl (C=O) groups excluding carboxylic acids is 1. The molecule has 1 fully saturated rings. The fourth-order valence-corrected chi connectivity index (χ4v) is 2.31. The zero-order valence-corrected chi connectivity index (χ0v) is 8.26. The highest BCUT2D eigenvalue weighted by Crippen LogP contribution is 2.33. The minimum Gasteiger partial charge on any atom is -0.354 e. The van der Waals surface area contributed by atoms with E-state index in [2.05, 4.69) is 19.2 Å². The molecule has 0 bridgehead atoms. The molecule has 0 aromatic carbocycles. The minimum atomic E-state index is 0.115. The van der Waals surface area contributed by atoms with E-state index in [1.165, 1.54) is 12.8 Å². The monoisotopic (exact) mass is 169 g/mol. The number of hydrogen-bond donors (Lipinski definition) is 1. The molecular formula is C10H19NO. The first kappa shape index (κ1) is 9.56. The number of amides is 1. The lowest BCUT2D eigenvalue weighted by molar-refractivity contribution is -0.119. The predicted molar refractivity (Wildman–Crippen MR) is 49.8 cm³/mol. The van der Waals surface area contributed by atoms with Crippen molar-refractivity contribution >= 4 is 5.91 Å². The van der Waals surface area contributed by atoms with Crippen LogP contribution in [-0.2, 0) is 4.79 Å². The molecule has 3 unspecified atom stereocenters. The summed E-state index contributed by atoms with van der Waals surface area (Å²) in [5.74, 6) is 1.72. The lowest BCUT2D eigenvalue weighted by Gasteiger charge is -2.10. The highest BCUT2D eigenvalue weighted by Gasteiger charge is 2.29. The zero-order valence-electron chi connectivity index (χ0n) is 8.26. The molecule has 0 aromatic heterocycles. The number of hydrogen-bond acceptors (Lipinski definition) is 1. The molecule has 1 aliphatic carbocycles. The van der Waals surface area contributed by atoms with Crippen molar-refractivity contribution in [1.82, 2.24) is 5.32 Å². The summed E-state index contributed by atoms with van der Waals surface area (Å²) >= 11 is 0. The summed E-state index contributed by atoms with van der Waals surface area (Å²) in [6, 6.07) is 0.447. The van der Waals surface area contributed by atoms with Crippen molar-refractivity contribution in [3.8, 4) is 0 Å². The van der Waals surface area contributed by atoms with Crippen LogP contribution in [0, 0.1) is 11.8 Å². The van der Waals surface area contributed by atoms with Crippen LogP contribution in [0.15, 0.2) is 0 Å². The van der Waals surface area contributed by atoms with Gasteiger partial charge in [-0.15, -0.1) is 0 Å². The third kappa shape index (κ3) is 2.23. The van der Waals surface area contributed by atoms with Gasteiger partial charge < -0.3 is 5.32 Å². The molecule has 3 atom stereocenters. The van der Waals surface area contributed by atoms with Crippen LogP contribution in [0.25, 0.3) is 0 Å². The summed E-state index contributed by atoms with van der Waals surface area (Å²) in [6.45, 7) is 6.12. The highest BCUT2D eigenvalue weighted by molar-refractivity contribution is 5.73. The molecule has 0 heterocycles. The Morgan fingerprint density at radius 3 is 2.58 bits per heavy atom. The van der Waals surface area contributed by atoms with Gasteiger partial charge in [0.05, 0.1) is 0 Å². The van der Waals surface area contributed by atoms with Crippen LogP contribution in [0.3, 0.4) is 0 Å². The SMILES string of the molecule is CCC1CC(NC(C)=O)CC1C. The van der Waals surface area contributed by atoms with Gasteiger partial charge >= 0.3 is 0 Å². The van der Waals surface area contributed by atoms with Crippen molar-refractivity contribution in [1.29, 1.82) is 0 Å². The van der Waals surface area contributed by atoms with Gasteiger partial charge in [0.2, 0.25) is 5.91 Å². The van der Waals surface area contributed by atoms with Gasteiger partial charge in [-0.05, 0) is 24.7 Å². The molecule has 2 nitrogen and oxygen atoms in total. The summed E-state index contributed by atoms with van der Waals surface area (Å²) in [5, 5.41) is 3.00. The maximum Gasteiger partial charge on any atom is 0.217 e. The molecule has 1 saturated carbocycles. The second-order valence-electron chi connectivity index (χ2n) is 4.01. The molecule has 1 N–H and O–H groups in total. The van der Waals surface area contributed by atoms with Gasteiger partial charge in [0.1, 0.15) is 0 Å². The number of carbonyl (C=O) groups is 1. The van der Waals surface area contributed by atoms with Gasteiger partial charge in [0.15, 0.2) is 0 Å². The molecule has 0 spiro atoms. The van der Waals surface area contributed by atoms with Crippen molar-refractivity contribution in [3.05, 3.63) is 0 Å². The maximum absolute atomic E-state index is 10.8. The molecule has 1 amide bonds. The van der Waals surface area contributed by atoms with E-state index in [4.69, 9.17) is 0 Å². The van der Waals surface area contributed by atoms with E-state index in [1.54, 1.807) is 6.92 Å². The Morgan fingerprint density at radius 1 is 1.50 bits per heavy atom. The quantitative estimate of drug-likeness (QED) is 0.672. The molecule has 12 heavy (non-hydrogen) atoms. The van der Waals surface area contributed by atoms with Crippen molar-refractivity contribution in [3.63, 3.8) is 0 Å².